The number of rotatable bonds is 10. The lowest BCUT2D eigenvalue weighted by Crippen LogP contribution is -2.63. The molecule has 0 bridgehead atoms. The number of fused-ring (bicyclic) bond motifs is 2. The third-order valence-corrected chi connectivity index (χ3v) is 16.1. The van der Waals surface area contributed by atoms with Crippen molar-refractivity contribution in [2.75, 3.05) is 27.4 Å². The van der Waals surface area contributed by atoms with E-state index in [1.165, 1.54) is 5.56 Å². The molecular weight excluding hydrogens is 860 g/mol. The van der Waals surface area contributed by atoms with E-state index in [-0.39, 0.29) is 36.2 Å². The number of methoxy groups -OCH3 is 2. The van der Waals surface area contributed by atoms with Gasteiger partial charge < -0.3 is 24.7 Å². The molecule has 2 fully saturated rings. The Balaban J connectivity index is 0.000000219. The summed E-state index contributed by atoms with van der Waals surface area (Å²) in [6.07, 6.45) is 9.22. The van der Waals surface area contributed by atoms with Gasteiger partial charge in [0.05, 0.1) is 41.2 Å². The Morgan fingerprint density at radius 2 is 1.25 bits per heavy atom. The summed E-state index contributed by atoms with van der Waals surface area (Å²) in [5.74, 6) is 0.122. The number of hydrogen-bond acceptors (Lipinski definition) is 8. The number of nitrogens with one attached hydrogen (secondary N) is 1. The van der Waals surface area contributed by atoms with Crippen LogP contribution in [-0.2, 0) is 63.4 Å². The molecule has 2 aromatic rings. The maximum atomic E-state index is 13.9. The van der Waals surface area contributed by atoms with Crippen LogP contribution in [0.15, 0.2) is 45.3 Å². The van der Waals surface area contributed by atoms with Gasteiger partial charge in [0.25, 0.3) is 0 Å². The lowest BCUT2D eigenvalue weighted by Gasteiger charge is -2.51. The SMILES string of the molecule is CCOC(=O)[C@]1(N)c2cc(Br)ccc2C[C@@]12CC[C@H](OC)[C@@H](CC)C2.CCOC(=O)[C@]1(N[S@@](=O)C(C)(C)C)c2cc(Br)ccc2C[C@@]12CC[C@H](OC)[C@@H](CC)C2. The van der Waals surface area contributed by atoms with E-state index in [0.717, 1.165) is 89.8 Å². The highest BCUT2D eigenvalue weighted by Gasteiger charge is 2.66. The van der Waals surface area contributed by atoms with Gasteiger partial charge in [-0.1, -0.05) is 70.7 Å². The molecule has 0 saturated heterocycles. The Hall–Kier alpha value is -1.67. The van der Waals surface area contributed by atoms with Gasteiger partial charge in [0.2, 0.25) is 0 Å². The van der Waals surface area contributed by atoms with Gasteiger partial charge in [0, 0.05) is 34.0 Å². The maximum Gasteiger partial charge on any atom is 0.332 e. The van der Waals surface area contributed by atoms with Gasteiger partial charge in [-0.05, 0) is 144 Å². The Kier molecular flexibility index (Phi) is 14.5. The minimum Gasteiger partial charge on any atom is -0.464 e. The number of benzene rings is 2. The predicted molar refractivity (Wildman–Crippen MR) is 229 cm³/mol. The van der Waals surface area contributed by atoms with Crippen LogP contribution in [0.2, 0.25) is 0 Å². The zero-order valence-electron chi connectivity index (χ0n) is 34.9. The smallest absolute Gasteiger partial charge is 0.332 e. The second-order valence-corrected chi connectivity index (χ2v) is 21.2. The molecule has 0 unspecified atom stereocenters. The summed E-state index contributed by atoms with van der Waals surface area (Å²) in [5, 5.41) is 0. The summed E-state index contributed by atoms with van der Waals surface area (Å²) in [5.41, 5.74) is 8.10. The number of esters is 2. The van der Waals surface area contributed by atoms with E-state index in [1.54, 1.807) is 14.2 Å². The van der Waals surface area contributed by atoms with Gasteiger partial charge in [-0.25, -0.2) is 18.5 Å². The third kappa shape index (κ3) is 7.99. The van der Waals surface area contributed by atoms with E-state index in [1.807, 2.05) is 58.9 Å². The summed E-state index contributed by atoms with van der Waals surface area (Å²) >= 11 is 7.13. The fraction of sp³-hybridized carbons (Fsp3) is 0.682. The third-order valence-electron chi connectivity index (χ3n) is 13.5. The second kappa shape index (κ2) is 17.9. The molecule has 0 aliphatic heterocycles. The van der Waals surface area contributed by atoms with Crippen molar-refractivity contribution in [2.24, 2.45) is 28.4 Å². The molecule has 56 heavy (non-hydrogen) atoms. The van der Waals surface area contributed by atoms with Crippen molar-refractivity contribution in [1.82, 2.24) is 4.72 Å². The molecule has 3 N–H and O–H groups in total. The van der Waals surface area contributed by atoms with Crippen LogP contribution in [0.25, 0.3) is 0 Å². The van der Waals surface area contributed by atoms with E-state index >= 15 is 0 Å². The highest BCUT2D eigenvalue weighted by atomic mass is 79.9. The second-order valence-electron chi connectivity index (χ2n) is 17.4. The van der Waals surface area contributed by atoms with Gasteiger partial charge in [0.15, 0.2) is 5.54 Å². The molecular formula is C44H64Br2N2O7S. The van der Waals surface area contributed by atoms with Crippen LogP contribution < -0.4 is 10.5 Å². The van der Waals surface area contributed by atoms with Crippen LogP contribution in [0.1, 0.15) is 122 Å². The quantitative estimate of drug-likeness (QED) is 0.227. The van der Waals surface area contributed by atoms with Gasteiger partial charge >= 0.3 is 11.9 Å². The van der Waals surface area contributed by atoms with Crippen LogP contribution in [0, 0.1) is 22.7 Å². The Morgan fingerprint density at radius 1 is 0.786 bits per heavy atom. The highest BCUT2D eigenvalue weighted by Crippen LogP contribution is 2.61. The molecule has 2 spiro atoms. The first-order valence-corrected chi connectivity index (χ1v) is 23.2. The van der Waals surface area contributed by atoms with Gasteiger partial charge in [-0.3, -0.25) is 0 Å². The van der Waals surface area contributed by atoms with Gasteiger partial charge in [-0.15, -0.1) is 0 Å². The minimum absolute atomic E-state index is 0.180. The van der Waals surface area contributed by atoms with Crippen molar-refractivity contribution in [3.63, 3.8) is 0 Å². The van der Waals surface area contributed by atoms with E-state index in [0.29, 0.717) is 18.4 Å². The zero-order chi connectivity index (χ0) is 41.3. The first-order valence-electron chi connectivity index (χ1n) is 20.4. The van der Waals surface area contributed by atoms with Crippen LogP contribution in [0.3, 0.4) is 0 Å². The van der Waals surface area contributed by atoms with Crippen molar-refractivity contribution in [3.8, 4) is 0 Å². The number of carbonyl (C=O) groups is 2. The fourth-order valence-corrected chi connectivity index (χ4v) is 12.3. The monoisotopic (exact) mass is 922 g/mol. The Bertz CT molecular complexity index is 1770. The number of hydrogen-bond donors (Lipinski definition) is 2. The number of nitrogens with two attached hydrogens (primary N) is 1. The van der Waals surface area contributed by atoms with Crippen molar-refractivity contribution in [2.45, 2.75) is 141 Å². The average molecular weight is 925 g/mol. The normalized spacial score (nSPS) is 32.6. The molecule has 2 aromatic carbocycles. The van der Waals surface area contributed by atoms with Crippen LogP contribution >= 0.6 is 31.9 Å². The lowest BCUT2D eigenvalue weighted by molar-refractivity contribution is -0.161. The summed E-state index contributed by atoms with van der Waals surface area (Å²) in [6.45, 7) is 14.4. The van der Waals surface area contributed by atoms with Gasteiger partial charge in [0.1, 0.15) is 5.54 Å². The molecule has 6 rings (SSSR count). The van der Waals surface area contributed by atoms with E-state index in [4.69, 9.17) is 24.7 Å². The predicted octanol–water partition coefficient (Wildman–Crippen LogP) is 8.96. The molecule has 4 aliphatic carbocycles. The maximum absolute atomic E-state index is 13.9. The van der Waals surface area contributed by atoms with E-state index in [2.05, 4.69) is 62.6 Å². The molecule has 9 atom stereocenters. The van der Waals surface area contributed by atoms with E-state index < -0.39 is 32.2 Å². The largest absolute Gasteiger partial charge is 0.464 e. The Labute approximate surface area is 354 Å². The average Bonchev–Trinajstić information content (AvgIpc) is 3.56. The first kappa shape index (κ1) is 45.4. The standard InChI is InChI=1S/C24H36BrNO4S.C20H28BrNO3/c1-7-16-14-23(12-11-20(16)29-6)15-17-9-10-18(25)13-19(17)24(23,21(27)30-8-2)26-31(28)22(3,4)5;1-4-13-11-19(9-8-17(13)24-3)12-14-6-7-15(21)10-16(14)20(19,22)18(23)25-5-2/h9-10,13,16,20,26H,7-8,11-12,14-15H2,1-6H3;6-7,10,13,17H,4-5,8-9,11-12,22H2,1-3H3/t16-,20-,23-,24+,31-;13-,17-,19-,20+/m00/s1. The summed E-state index contributed by atoms with van der Waals surface area (Å²) in [7, 11) is 2.11. The molecule has 0 radical (unpaired) electrons. The number of carbonyl (C=O) groups excluding carboxylic acids is 2. The Morgan fingerprint density at radius 3 is 1.75 bits per heavy atom. The summed E-state index contributed by atoms with van der Waals surface area (Å²) in [4.78, 5) is 26.9. The fourth-order valence-electron chi connectivity index (χ4n) is 10.6. The summed E-state index contributed by atoms with van der Waals surface area (Å²) in [6, 6.07) is 12.3. The molecule has 0 aromatic heterocycles. The van der Waals surface area contributed by atoms with Crippen LogP contribution in [0.4, 0.5) is 0 Å². The van der Waals surface area contributed by atoms with E-state index in [9.17, 15) is 13.8 Å². The molecule has 2 saturated carbocycles. The summed E-state index contributed by atoms with van der Waals surface area (Å²) < 4.78 is 40.9. The van der Waals surface area contributed by atoms with Crippen molar-refractivity contribution in [3.05, 3.63) is 67.6 Å². The van der Waals surface area contributed by atoms with Crippen molar-refractivity contribution in [1.29, 1.82) is 0 Å². The molecule has 312 valence electrons. The highest BCUT2D eigenvalue weighted by molar-refractivity contribution is 9.10. The van der Waals surface area contributed by atoms with Crippen molar-refractivity contribution >= 4 is 54.8 Å². The number of halogens is 2. The van der Waals surface area contributed by atoms with Crippen LogP contribution in [-0.4, -0.2) is 60.5 Å². The topological polar surface area (TPSA) is 126 Å². The molecule has 9 nitrogen and oxygen atoms in total. The van der Waals surface area contributed by atoms with Crippen LogP contribution in [0.5, 0.6) is 0 Å². The van der Waals surface area contributed by atoms with Crippen molar-refractivity contribution < 1.29 is 32.7 Å². The molecule has 12 heteroatoms. The number of ether oxygens (including phenoxy) is 4. The first-order chi connectivity index (χ1) is 26.5. The molecule has 4 aliphatic rings. The van der Waals surface area contributed by atoms with Gasteiger partial charge in [-0.2, -0.15) is 0 Å². The zero-order valence-corrected chi connectivity index (χ0v) is 38.8. The minimum atomic E-state index is -1.45. The molecule has 0 amide bonds. The molecule has 0 heterocycles. The lowest BCUT2D eigenvalue weighted by atomic mass is 9.58.